The molecule has 0 aliphatic carbocycles. The predicted molar refractivity (Wildman–Crippen MR) is 81.4 cm³/mol. The van der Waals surface area contributed by atoms with Gasteiger partial charge in [0.15, 0.2) is 5.15 Å². The molecule has 0 saturated carbocycles. The van der Waals surface area contributed by atoms with E-state index in [9.17, 15) is 0 Å². The third-order valence-electron chi connectivity index (χ3n) is 3.38. The van der Waals surface area contributed by atoms with Crippen LogP contribution in [0.3, 0.4) is 0 Å². The highest BCUT2D eigenvalue weighted by atomic mass is 35.5. The molecule has 0 aliphatic heterocycles. The third-order valence-corrected chi connectivity index (χ3v) is 3.64. The molecule has 0 N–H and O–H groups in total. The van der Waals surface area contributed by atoms with Gasteiger partial charge in [0.1, 0.15) is 11.8 Å². The van der Waals surface area contributed by atoms with Crippen LogP contribution in [0.5, 0.6) is 0 Å². The molecule has 0 saturated heterocycles. The Morgan fingerprint density at radius 2 is 1.65 bits per heavy atom. The molecule has 2 aromatic heterocycles. The van der Waals surface area contributed by atoms with Crippen molar-refractivity contribution in [2.45, 2.75) is 0 Å². The van der Waals surface area contributed by atoms with Gasteiger partial charge in [0.05, 0.1) is 11.0 Å². The number of rotatable bonds is 1. The summed E-state index contributed by atoms with van der Waals surface area (Å²) >= 11 is 6.25. The van der Waals surface area contributed by atoms with Crippen LogP contribution in [0.1, 0.15) is 0 Å². The molecular weight excluding hydrogens is 270 g/mol. The van der Waals surface area contributed by atoms with Crippen molar-refractivity contribution in [3.8, 4) is 5.69 Å². The van der Waals surface area contributed by atoms with Gasteiger partial charge in [-0.1, -0.05) is 48.0 Å². The zero-order chi connectivity index (χ0) is 13.5. The molecule has 4 rings (SSSR count). The van der Waals surface area contributed by atoms with Gasteiger partial charge in [-0.15, -0.1) is 0 Å². The second kappa shape index (κ2) is 4.32. The van der Waals surface area contributed by atoms with Crippen molar-refractivity contribution in [2.75, 3.05) is 0 Å². The molecule has 3 nitrogen and oxygen atoms in total. The van der Waals surface area contributed by atoms with Gasteiger partial charge in [-0.25, -0.2) is 9.97 Å². The van der Waals surface area contributed by atoms with Crippen LogP contribution in [0.4, 0.5) is 0 Å². The Kier molecular flexibility index (Phi) is 2.47. The highest BCUT2D eigenvalue weighted by Gasteiger charge is 2.13. The highest BCUT2D eigenvalue weighted by Crippen LogP contribution is 2.29. The lowest BCUT2D eigenvalue weighted by Gasteiger charge is -2.07. The van der Waals surface area contributed by atoms with Crippen molar-refractivity contribution in [1.82, 2.24) is 14.5 Å². The lowest BCUT2D eigenvalue weighted by molar-refractivity contribution is 1.10. The number of aromatic nitrogens is 3. The summed E-state index contributed by atoms with van der Waals surface area (Å²) < 4.78 is 2.05. The maximum atomic E-state index is 6.25. The summed E-state index contributed by atoms with van der Waals surface area (Å²) in [5.41, 5.74) is 3.66. The maximum absolute atomic E-state index is 6.25. The normalized spacial score (nSPS) is 11.2. The number of para-hydroxylation sites is 2. The molecule has 0 fully saturated rings. The second-order valence-electron chi connectivity index (χ2n) is 4.57. The highest BCUT2D eigenvalue weighted by molar-refractivity contribution is 6.35. The zero-order valence-corrected chi connectivity index (χ0v) is 11.2. The third kappa shape index (κ3) is 1.60. The van der Waals surface area contributed by atoms with Gasteiger partial charge in [0.25, 0.3) is 0 Å². The quantitative estimate of drug-likeness (QED) is 0.488. The van der Waals surface area contributed by atoms with E-state index in [0.29, 0.717) is 5.15 Å². The standard InChI is InChI=1S/C16H10ClN3/c17-16-14-15(12-8-4-5-9-13(12)19-16)20(10-18-14)11-6-2-1-3-7-11/h1-10H. The van der Waals surface area contributed by atoms with Crippen LogP contribution in [0.2, 0.25) is 5.15 Å². The van der Waals surface area contributed by atoms with Crippen molar-refractivity contribution in [3.63, 3.8) is 0 Å². The average Bonchev–Trinajstić information content (AvgIpc) is 2.94. The van der Waals surface area contributed by atoms with Crippen LogP contribution < -0.4 is 0 Å². The molecule has 0 unspecified atom stereocenters. The van der Waals surface area contributed by atoms with Crippen molar-refractivity contribution in [3.05, 3.63) is 66.1 Å². The van der Waals surface area contributed by atoms with Crippen LogP contribution in [0.25, 0.3) is 27.6 Å². The van der Waals surface area contributed by atoms with Gasteiger partial charge in [-0.05, 0) is 18.2 Å². The van der Waals surface area contributed by atoms with Crippen molar-refractivity contribution < 1.29 is 0 Å². The number of benzene rings is 2. The van der Waals surface area contributed by atoms with Gasteiger partial charge in [-0.3, -0.25) is 4.57 Å². The van der Waals surface area contributed by atoms with Gasteiger partial charge in [-0.2, -0.15) is 0 Å². The number of fused-ring (bicyclic) bond motifs is 3. The Morgan fingerprint density at radius 3 is 2.50 bits per heavy atom. The molecule has 4 heteroatoms. The maximum Gasteiger partial charge on any atom is 0.157 e. The summed E-state index contributed by atoms with van der Waals surface area (Å²) in [6.45, 7) is 0. The van der Waals surface area contributed by atoms with Gasteiger partial charge < -0.3 is 0 Å². The van der Waals surface area contributed by atoms with E-state index < -0.39 is 0 Å². The lowest BCUT2D eigenvalue weighted by Crippen LogP contribution is -1.93. The Labute approximate surface area is 120 Å². The summed E-state index contributed by atoms with van der Waals surface area (Å²) in [7, 11) is 0. The van der Waals surface area contributed by atoms with Crippen molar-refractivity contribution >= 4 is 33.5 Å². The topological polar surface area (TPSA) is 30.7 Å². The zero-order valence-electron chi connectivity index (χ0n) is 10.5. The molecule has 0 atom stereocenters. The average molecular weight is 280 g/mol. The van der Waals surface area contributed by atoms with E-state index in [1.165, 1.54) is 0 Å². The van der Waals surface area contributed by atoms with E-state index in [4.69, 9.17) is 11.6 Å². The van der Waals surface area contributed by atoms with Crippen molar-refractivity contribution in [1.29, 1.82) is 0 Å². The van der Waals surface area contributed by atoms with Gasteiger partial charge in [0, 0.05) is 11.1 Å². The van der Waals surface area contributed by atoms with E-state index in [2.05, 4.69) is 9.97 Å². The smallest absolute Gasteiger partial charge is 0.157 e. The fourth-order valence-corrected chi connectivity index (χ4v) is 2.70. The Hall–Kier alpha value is -2.39. The summed E-state index contributed by atoms with van der Waals surface area (Å²) in [6, 6.07) is 18.1. The number of pyridine rings is 1. The summed E-state index contributed by atoms with van der Waals surface area (Å²) in [6.07, 6.45) is 1.79. The first-order valence-corrected chi connectivity index (χ1v) is 6.69. The van der Waals surface area contributed by atoms with E-state index >= 15 is 0 Å². The number of hydrogen-bond acceptors (Lipinski definition) is 2. The molecule has 2 aromatic carbocycles. The molecule has 20 heavy (non-hydrogen) atoms. The number of imidazole rings is 1. The fourth-order valence-electron chi connectivity index (χ4n) is 2.47. The largest absolute Gasteiger partial charge is 0.298 e. The molecule has 0 spiro atoms. The molecule has 0 amide bonds. The van der Waals surface area contributed by atoms with Crippen LogP contribution >= 0.6 is 11.6 Å². The minimum atomic E-state index is 0.438. The number of halogens is 1. The molecule has 2 heterocycles. The second-order valence-corrected chi connectivity index (χ2v) is 4.93. The van der Waals surface area contributed by atoms with Crippen molar-refractivity contribution in [2.24, 2.45) is 0 Å². The van der Waals surface area contributed by atoms with E-state index in [1.54, 1.807) is 6.33 Å². The molecular formula is C16H10ClN3. The number of nitrogens with zero attached hydrogens (tertiary/aromatic N) is 3. The molecule has 0 radical (unpaired) electrons. The minimum absolute atomic E-state index is 0.438. The lowest BCUT2D eigenvalue weighted by atomic mass is 10.2. The SMILES string of the molecule is Clc1nc2ccccc2c2c1ncn2-c1ccccc1. The van der Waals surface area contributed by atoms with Crippen LogP contribution in [0.15, 0.2) is 60.9 Å². The number of hydrogen-bond donors (Lipinski definition) is 0. The van der Waals surface area contributed by atoms with Crippen LogP contribution in [0, 0.1) is 0 Å². The summed E-state index contributed by atoms with van der Waals surface area (Å²) in [4.78, 5) is 8.81. The summed E-state index contributed by atoms with van der Waals surface area (Å²) in [5.74, 6) is 0. The van der Waals surface area contributed by atoms with E-state index in [1.807, 2.05) is 59.2 Å². The monoisotopic (exact) mass is 279 g/mol. The Bertz CT molecular complexity index is 913. The Balaban J connectivity index is 2.19. The first-order chi connectivity index (χ1) is 9.84. The molecule has 4 aromatic rings. The first-order valence-electron chi connectivity index (χ1n) is 6.31. The minimum Gasteiger partial charge on any atom is -0.298 e. The Morgan fingerprint density at radius 1 is 0.900 bits per heavy atom. The van der Waals surface area contributed by atoms with E-state index in [-0.39, 0.29) is 0 Å². The molecule has 0 bridgehead atoms. The van der Waals surface area contributed by atoms with E-state index in [0.717, 1.165) is 27.6 Å². The van der Waals surface area contributed by atoms with Crippen LogP contribution in [-0.4, -0.2) is 14.5 Å². The van der Waals surface area contributed by atoms with Crippen LogP contribution in [-0.2, 0) is 0 Å². The first kappa shape index (κ1) is 11.4. The molecule has 96 valence electrons. The molecule has 0 aliphatic rings. The predicted octanol–water partition coefficient (Wildman–Crippen LogP) is 4.23. The van der Waals surface area contributed by atoms with Gasteiger partial charge in [0.2, 0.25) is 0 Å². The fraction of sp³-hybridized carbons (Fsp3) is 0. The van der Waals surface area contributed by atoms with Gasteiger partial charge >= 0.3 is 0 Å². The summed E-state index contributed by atoms with van der Waals surface area (Å²) in [5, 5.41) is 1.49.